The first kappa shape index (κ1) is 25.5. The SMILES string of the molecule is N#C/C(=C\c1ccc(-c2ccc(/C=C/c3ccc(N(c4ccccc4)c4ccccc4)cc3)s2)cc1)C(=O)O. The van der Waals surface area contributed by atoms with Crippen molar-refractivity contribution in [3.63, 3.8) is 0 Å². The molecule has 0 spiro atoms. The van der Waals surface area contributed by atoms with Crippen LogP contribution in [0.1, 0.15) is 16.0 Å². The molecule has 4 aromatic carbocycles. The first-order valence-electron chi connectivity index (χ1n) is 12.3. The number of aliphatic carboxylic acids is 1. The number of anilines is 3. The monoisotopic (exact) mass is 524 g/mol. The molecule has 5 aromatic rings. The Morgan fingerprint density at radius 3 is 1.82 bits per heavy atom. The summed E-state index contributed by atoms with van der Waals surface area (Å²) in [5, 5.41) is 18.0. The van der Waals surface area contributed by atoms with Crippen LogP contribution in [0.15, 0.2) is 127 Å². The van der Waals surface area contributed by atoms with E-state index in [1.165, 1.54) is 6.08 Å². The average molecular weight is 525 g/mol. The van der Waals surface area contributed by atoms with Crippen LogP contribution in [-0.4, -0.2) is 11.1 Å². The maximum Gasteiger partial charge on any atom is 0.346 e. The lowest BCUT2D eigenvalue weighted by molar-refractivity contribution is -0.132. The highest BCUT2D eigenvalue weighted by Crippen LogP contribution is 2.34. The molecule has 1 heterocycles. The fourth-order valence-corrected chi connectivity index (χ4v) is 5.08. The van der Waals surface area contributed by atoms with Crippen molar-refractivity contribution in [2.75, 3.05) is 4.90 Å². The summed E-state index contributed by atoms with van der Waals surface area (Å²) in [4.78, 5) is 15.5. The molecule has 0 radical (unpaired) electrons. The molecule has 0 unspecified atom stereocenters. The largest absolute Gasteiger partial charge is 0.477 e. The van der Waals surface area contributed by atoms with E-state index in [1.54, 1.807) is 17.4 Å². The molecule has 1 aromatic heterocycles. The molecule has 5 heteroatoms. The van der Waals surface area contributed by atoms with Crippen molar-refractivity contribution in [2.45, 2.75) is 0 Å². The van der Waals surface area contributed by atoms with E-state index in [0.717, 1.165) is 37.9 Å². The van der Waals surface area contributed by atoms with Gasteiger partial charge in [0.25, 0.3) is 0 Å². The van der Waals surface area contributed by atoms with Crippen LogP contribution in [0.3, 0.4) is 0 Å². The van der Waals surface area contributed by atoms with Crippen LogP contribution in [0.25, 0.3) is 28.7 Å². The minimum atomic E-state index is -1.23. The van der Waals surface area contributed by atoms with Crippen LogP contribution in [0.2, 0.25) is 0 Å². The standard InChI is InChI=1S/C34H24N2O2S/c35-24-28(34(37)38)23-26-11-16-27(17-12-26)33-22-21-32(39-33)20-15-25-13-18-31(19-14-25)36(29-7-3-1-4-8-29)30-9-5-2-6-10-30/h1-23H,(H,37,38)/b20-15+,28-23+. The van der Waals surface area contributed by atoms with Gasteiger partial charge in [0, 0.05) is 26.8 Å². The quantitative estimate of drug-likeness (QED) is 0.162. The predicted octanol–water partition coefficient (Wildman–Crippen LogP) is 9.05. The summed E-state index contributed by atoms with van der Waals surface area (Å²) in [5.41, 5.74) is 5.84. The summed E-state index contributed by atoms with van der Waals surface area (Å²) in [6, 6.07) is 42.6. The molecule has 0 saturated carbocycles. The first-order valence-corrected chi connectivity index (χ1v) is 13.2. The molecule has 0 amide bonds. The molecule has 0 atom stereocenters. The molecule has 0 fully saturated rings. The highest BCUT2D eigenvalue weighted by molar-refractivity contribution is 7.16. The van der Waals surface area contributed by atoms with Gasteiger partial charge in [0.05, 0.1) is 0 Å². The lowest BCUT2D eigenvalue weighted by Crippen LogP contribution is -2.09. The van der Waals surface area contributed by atoms with Gasteiger partial charge in [-0.15, -0.1) is 11.3 Å². The van der Waals surface area contributed by atoms with Crippen molar-refractivity contribution in [1.29, 1.82) is 5.26 Å². The number of rotatable bonds is 8. The van der Waals surface area contributed by atoms with Crippen molar-refractivity contribution < 1.29 is 9.90 Å². The normalized spacial score (nSPS) is 11.3. The van der Waals surface area contributed by atoms with Gasteiger partial charge in [0.1, 0.15) is 11.6 Å². The van der Waals surface area contributed by atoms with Crippen LogP contribution in [0.4, 0.5) is 17.1 Å². The number of nitriles is 1. The molecule has 0 aliphatic carbocycles. The number of carboxylic acids is 1. The number of carboxylic acid groups (broad SMARTS) is 1. The average Bonchev–Trinajstić information content (AvgIpc) is 3.46. The van der Waals surface area contributed by atoms with E-state index in [0.29, 0.717) is 5.56 Å². The van der Waals surface area contributed by atoms with E-state index in [-0.39, 0.29) is 5.57 Å². The number of nitrogens with zero attached hydrogens (tertiary/aromatic N) is 2. The molecule has 0 bridgehead atoms. The number of carbonyl (C=O) groups is 1. The van der Waals surface area contributed by atoms with Crippen LogP contribution in [-0.2, 0) is 4.79 Å². The van der Waals surface area contributed by atoms with Gasteiger partial charge in [0.15, 0.2) is 0 Å². The molecule has 1 N–H and O–H groups in total. The van der Waals surface area contributed by atoms with Crippen molar-refractivity contribution >= 4 is 52.6 Å². The third-order valence-corrected chi connectivity index (χ3v) is 7.20. The van der Waals surface area contributed by atoms with Gasteiger partial charge in [-0.25, -0.2) is 4.79 Å². The number of benzene rings is 4. The summed E-state index contributed by atoms with van der Waals surface area (Å²) in [5.74, 6) is -1.23. The van der Waals surface area contributed by atoms with Crippen LogP contribution >= 0.6 is 11.3 Å². The highest BCUT2D eigenvalue weighted by Gasteiger charge is 2.11. The zero-order valence-electron chi connectivity index (χ0n) is 20.9. The summed E-state index contributed by atoms with van der Waals surface area (Å²) in [7, 11) is 0. The van der Waals surface area contributed by atoms with E-state index < -0.39 is 5.97 Å². The van der Waals surface area contributed by atoms with Gasteiger partial charge in [-0.1, -0.05) is 78.9 Å². The molecule has 0 saturated heterocycles. The second kappa shape index (κ2) is 11.9. The maximum absolute atomic E-state index is 11.1. The third kappa shape index (κ3) is 6.22. The van der Waals surface area contributed by atoms with Gasteiger partial charge in [-0.3, -0.25) is 0 Å². The summed E-state index contributed by atoms with van der Waals surface area (Å²) >= 11 is 1.68. The van der Waals surface area contributed by atoms with Crippen molar-refractivity contribution in [3.8, 4) is 16.5 Å². The number of hydrogen-bond donors (Lipinski definition) is 1. The molecular formula is C34H24N2O2S. The van der Waals surface area contributed by atoms with Crippen molar-refractivity contribution in [2.24, 2.45) is 0 Å². The van der Waals surface area contributed by atoms with Crippen molar-refractivity contribution in [1.82, 2.24) is 0 Å². The summed E-state index contributed by atoms with van der Waals surface area (Å²) in [6.45, 7) is 0. The van der Waals surface area contributed by atoms with E-state index in [9.17, 15) is 4.79 Å². The van der Waals surface area contributed by atoms with Gasteiger partial charge >= 0.3 is 5.97 Å². The third-order valence-electron chi connectivity index (χ3n) is 6.10. The van der Waals surface area contributed by atoms with Crippen LogP contribution in [0, 0.1) is 11.3 Å². The Hall–Kier alpha value is -5.18. The Labute approximate surface area is 231 Å². The minimum Gasteiger partial charge on any atom is -0.477 e. The number of thiophene rings is 1. The van der Waals surface area contributed by atoms with Crippen molar-refractivity contribution in [3.05, 3.63) is 143 Å². The maximum atomic E-state index is 11.1. The Bertz CT molecular complexity index is 1620. The van der Waals surface area contributed by atoms with Gasteiger partial charge in [0.2, 0.25) is 0 Å². The predicted molar refractivity (Wildman–Crippen MR) is 161 cm³/mol. The molecule has 4 nitrogen and oxygen atoms in total. The Balaban J connectivity index is 1.31. The molecule has 188 valence electrons. The lowest BCUT2D eigenvalue weighted by atomic mass is 10.1. The Morgan fingerprint density at radius 2 is 1.26 bits per heavy atom. The second-order valence-electron chi connectivity index (χ2n) is 8.73. The lowest BCUT2D eigenvalue weighted by Gasteiger charge is -2.25. The fraction of sp³-hybridized carbons (Fsp3) is 0. The summed E-state index contributed by atoms with van der Waals surface area (Å²) in [6.07, 6.45) is 5.59. The molecular weight excluding hydrogens is 500 g/mol. The molecule has 0 aliphatic rings. The van der Waals surface area contributed by atoms with E-state index in [4.69, 9.17) is 10.4 Å². The topological polar surface area (TPSA) is 64.3 Å². The van der Waals surface area contributed by atoms with E-state index in [1.807, 2.05) is 60.7 Å². The fourth-order valence-electron chi connectivity index (χ4n) is 4.16. The Morgan fingerprint density at radius 1 is 0.692 bits per heavy atom. The van der Waals surface area contributed by atoms with Gasteiger partial charge in [-0.05, 0) is 77.4 Å². The number of para-hydroxylation sites is 2. The zero-order chi connectivity index (χ0) is 27.0. The van der Waals surface area contributed by atoms with Crippen LogP contribution < -0.4 is 4.90 Å². The minimum absolute atomic E-state index is 0.285. The summed E-state index contributed by atoms with van der Waals surface area (Å²) < 4.78 is 0. The first-order chi connectivity index (χ1) is 19.1. The van der Waals surface area contributed by atoms with Gasteiger partial charge < -0.3 is 10.0 Å². The highest BCUT2D eigenvalue weighted by atomic mass is 32.1. The van der Waals surface area contributed by atoms with E-state index in [2.05, 4.69) is 77.7 Å². The van der Waals surface area contributed by atoms with E-state index >= 15 is 0 Å². The molecule has 39 heavy (non-hydrogen) atoms. The van der Waals surface area contributed by atoms with Crippen LogP contribution in [0.5, 0.6) is 0 Å². The molecule has 0 aliphatic heterocycles. The second-order valence-corrected chi connectivity index (χ2v) is 9.85. The van der Waals surface area contributed by atoms with Gasteiger partial charge in [-0.2, -0.15) is 5.26 Å². The number of hydrogen-bond acceptors (Lipinski definition) is 4. The molecule has 5 rings (SSSR count). The Kier molecular flexibility index (Phi) is 7.78. The zero-order valence-corrected chi connectivity index (χ0v) is 21.8. The smallest absolute Gasteiger partial charge is 0.346 e.